The Bertz CT molecular complexity index is 347. The van der Waals surface area contributed by atoms with Crippen molar-refractivity contribution in [1.29, 1.82) is 0 Å². The molecular weight excluding hydrogens is 270 g/mol. The first-order valence-electron chi connectivity index (χ1n) is 7.75. The van der Waals surface area contributed by atoms with Crippen molar-refractivity contribution in [2.45, 2.75) is 26.7 Å². The quantitative estimate of drug-likeness (QED) is 0.330. The van der Waals surface area contributed by atoms with Crippen molar-refractivity contribution in [3.05, 3.63) is 0 Å². The summed E-state index contributed by atoms with van der Waals surface area (Å²) in [6, 6.07) is 0. The number of hydrogen-bond acceptors (Lipinski definition) is 4. The summed E-state index contributed by atoms with van der Waals surface area (Å²) in [6.45, 7) is 8.04. The van der Waals surface area contributed by atoms with E-state index in [1.807, 2.05) is 6.92 Å². The van der Waals surface area contributed by atoms with Crippen LogP contribution in [-0.4, -0.2) is 63.8 Å². The van der Waals surface area contributed by atoms with Crippen LogP contribution in [-0.2, 0) is 14.3 Å². The Balaban J connectivity index is 2.35. The lowest BCUT2D eigenvalue weighted by molar-refractivity contribution is -0.145. The Morgan fingerprint density at radius 2 is 2.14 bits per heavy atom. The molecule has 122 valence electrons. The van der Waals surface area contributed by atoms with Crippen molar-refractivity contribution in [2.24, 2.45) is 16.8 Å². The van der Waals surface area contributed by atoms with Gasteiger partial charge in [0.2, 0.25) is 0 Å². The molecule has 1 heterocycles. The number of nitrogens with one attached hydrogen (secondary N) is 1. The summed E-state index contributed by atoms with van der Waals surface area (Å²) in [5, 5.41) is 3.35. The Morgan fingerprint density at radius 1 is 1.38 bits per heavy atom. The zero-order valence-corrected chi connectivity index (χ0v) is 13.7. The maximum Gasteiger partial charge on any atom is 0.310 e. The van der Waals surface area contributed by atoms with Gasteiger partial charge in [0.1, 0.15) is 0 Å². The number of carbonyl (C=O) groups excluding carboxylic acids is 1. The average Bonchev–Trinajstić information content (AvgIpc) is 2.87. The van der Waals surface area contributed by atoms with Crippen LogP contribution in [0.5, 0.6) is 0 Å². The van der Waals surface area contributed by atoms with Crippen LogP contribution in [0.4, 0.5) is 0 Å². The molecule has 0 aromatic rings. The third kappa shape index (κ3) is 5.53. The number of rotatable bonds is 7. The van der Waals surface area contributed by atoms with Crippen molar-refractivity contribution in [3.8, 4) is 0 Å². The van der Waals surface area contributed by atoms with Crippen LogP contribution in [0.3, 0.4) is 0 Å². The predicted octanol–water partition coefficient (Wildman–Crippen LogP) is 1.12. The van der Waals surface area contributed by atoms with E-state index in [-0.39, 0.29) is 17.8 Å². The number of esters is 1. The third-order valence-corrected chi connectivity index (χ3v) is 3.83. The minimum Gasteiger partial charge on any atom is -0.469 e. The summed E-state index contributed by atoms with van der Waals surface area (Å²) < 4.78 is 10.2. The van der Waals surface area contributed by atoms with Gasteiger partial charge in [0.15, 0.2) is 5.96 Å². The molecule has 0 amide bonds. The molecule has 0 aliphatic carbocycles. The second-order valence-corrected chi connectivity index (χ2v) is 5.39. The zero-order valence-electron chi connectivity index (χ0n) is 13.7. The molecule has 2 unspecified atom stereocenters. The second-order valence-electron chi connectivity index (χ2n) is 5.39. The minimum atomic E-state index is -0.128. The number of likely N-dealkylation sites (tertiary alicyclic amines) is 1. The first kappa shape index (κ1) is 17.8. The minimum absolute atomic E-state index is 0.0634. The summed E-state index contributed by atoms with van der Waals surface area (Å²) in [5.74, 6) is 0.960. The van der Waals surface area contributed by atoms with Crippen molar-refractivity contribution in [3.63, 3.8) is 0 Å². The van der Waals surface area contributed by atoms with Gasteiger partial charge in [0, 0.05) is 39.9 Å². The van der Waals surface area contributed by atoms with Crippen LogP contribution in [0.25, 0.3) is 0 Å². The predicted molar refractivity (Wildman–Crippen MR) is 83.3 cm³/mol. The smallest absolute Gasteiger partial charge is 0.310 e. The maximum absolute atomic E-state index is 11.7. The SMILES string of the molecule is CCOCCCCNC(=NC)N1CC(C)C(C(=O)OC)C1. The lowest BCUT2D eigenvalue weighted by Gasteiger charge is -2.21. The fraction of sp³-hybridized carbons (Fsp3) is 0.867. The Labute approximate surface area is 127 Å². The lowest BCUT2D eigenvalue weighted by Crippen LogP contribution is -2.41. The highest BCUT2D eigenvalue weighted by molar-refractivity contribution is 5.82. The fourth-order valence-corrected chi connectivity index (χ4v) is 2.60. The molecule has 21 heavy (non-hydrogen) atoms. The molecule has 1 saturated heterocycles. The van der Waals surface area contributed by atoms with E-state index < -0.39 is 0 Å². The Morgan fingerprint density at radius 3 is 2.76 bits per heavy atom. The second kappa shape index (κ2) is 9.60. The highest BCUT2D eigenvalue weighted by Gasteiger charge is 2.36. The van der Waals surface area contributed by atoms with Gasteiger partial charge in [-0.1, -0.05) is 6.92 Å². The fourth-order valence-electron chi connectivity index (χ4n) is 2.60. The maximum atomic E-state index is 11.7. The number of aliphatic imine (C=N–C) groups is 1. The van der Waals surface area contributed by atoms with Gasteiger partial charge in [0.25, 0.3) is 0 Å². The van der Waals surface area contributed by atoms with Gasteiger partial charge in [-0.15, -0.1) is 0 Å². The first-order chi connectivity index (χ1) is 10.1. The molecule has 0 spiro atoms. The standard InChI is InChI=1S/C15H29N3O3/c1-5-21-9-7-6-8-17-15(16-3)18-10-12(2)13(11-18)14(19)20-4/h12-13H,5-11H2,1-4H3,(H,16,17). The van der Waals surface area contributed by atoms with Crippen LogP contribution >= 0.6 is 0 Å². The molecule has 0 bridgehead atoms. The van der Waals surface area contributed by atoms with Gasteiger partial charge in [0.05, 0.1) is 13.0 Å². The highest BCUT2D eigenvalue weighted by Crippen LogP contribution is 2.23. The number of hydrogen-bond donors (Lipinski definition) is 1. The molecule has 0 aromatic heterocycles. The molecule has 1 rings (SSSR count). The van der Waals surface area contributed by atoms with E-state index in [9.17, 15) is 4.79 Å². The van der Waals surface area contributed by atoms with Crippen molar-refractivity contribution < 1.29 is 14.3 Å². The molecule has 1 aliphatic heterocycles. The largest absolute Gasteiger partial charge is 0.469 e. The van der Waals surface area contributed by atoms with E-state index in [0.29, 0.717) is 6.54 Å². The average molecular weight is 299 g/mol. The van der Waals surface area contributed by atoms with Crippen LogP contribution in [0.2, 0.25) is 0 Å². The Hall–Kier alpha value is -1.30. The van der Waals surface area contributed by atoms with E-state index >= 15 is 0 Å². The summed E-state index contributed by atoms with van der Waals surface area (Å²) in [7, 11) is 3.22. The van der Waals surface area contributed by atoms with Crippen molar-refractivity contribution >= 4 is 11.9 Å². The normalized spacial score (nSPS) is 22.5. The monoisotopic (exact) mass is 299 g/mol. The molecule has 1 fully saturated rings. The Kier molecular flexibility index (Phi) is 8.12. The van der Waals surface area contributed by atoms with Gasteiger partial charge in [-0.2, -0.15) is 0 Å². The van der Waals surface area contributed by atoms with Crippen LogP contribution in [0, 0.1) is 11.8 Å². The molecule has 6 nitrogen and oxygen atoms in total. The molecule has 2 atom stereocenters. The van der Waals surface area contributed by atoms with Crippen LogP contribution < -0.4 is 5.32 Å². The van der Waals surface area contributed by atoms with Crippen LogP contribution in [0.1, 0.15) is 26.7 Å². The molecular formula is C15H29N3O3. The topological polar surface area (TPSA) is 63.2 Å². The number of nitrogens with zero attached hydrogens (tertiary/aromatic N) is 2. The van der Waals surface area contributed by atoms with E-state index in [4.69, 9.17) is 9.47 Å². The number of unbranched alkanes of at least 4 members (excludes halogenated alkanes) is 1. The molecule has 0 aromatic carbocycles. The lowest BCUT2D eigenvalue weighted by atomic mass is 9.99. The van der Waals surface area contributed by atoms with E-state index in [2.05, 4.69) is 22.1 Å². The van der Waals surface area contributed by atoms with Gasteiger partial charge >= 0.3 is 5.97 Å². The number of ether oxygens (including phenoxy) is 2. The van der Waals surface area contributed by atoms with E-state index in [1.54, 1.807) is 7.05 Å². The van der Waals surface area contributed by atoms with Crippen molar-refractivity contribution in [2.75, 3.05) is 47.0 Å². The van der Waals surface area contributed by atoms with Gasteiger partial charge in [-0.05, 0) is 25.7 Å². The first-order valence-corrected chi connectivity index (χ1v) is 7.75. The molecule has 1 N–H and O–H groups in total. The molecule has 6 heteroatoms. The van der Waals surface area contributed by atoms with E-state index in [0.717, 1.165) is 45.1 Å². The molecule has 1 aliphatic rings. The summed E-state index contributed by atoms with van der Waals surface area (Å²) in [4.78, 5) is 18.2. The summed E-state index contributed by atoms with van der Waals surface area (Å²) >= 11 is 0. The van der Waals surface area contributed by atoms with Crippen LogP contribution in [0.15, 0.2) is 4.99 Å². The summed E-state index contributed by atoms with van der Waals surface area (Å²) in [6.07, 6.45) is 2.09. The van der Waals surface area contributed by atoms with Gasteiger partial charge < -0.3 is 19.7 Å². The van der Waals surface area contributed by atoms with E-state index in [1.165, 1.54) is 7.11 Å². The van der Waals surface area contributed by atoms with Gasteiger partial charge in [-0.25, -0.2) is 0 Å². The van der Waals surface area contributed by atoms with Gasteiger partial charge in [-0.3, -0.25) is 9.79 Å². The number of guanidine groups is 1. The zero-order chi connectivity index (χ0) is 15.7. The third-order valence-electron chi connectivity index (χ3n) is 3.83. The number of carbonyl (C=O) groups is 1. The van der Waals surface area contributed by atoms with Crippen molar-refractivity contribution in [1.82, 2.24) is 10.2 Å². The molecule has 0 saturated carbocycles. The highest BCUT2D eigenvalue weighted by atomic mass is 16.5. The number of methoxy groups -OCH3 is 1. The summed E-state index contributed by atoms with van der Waals surface area (Å²) in [5.41, 5.74) is 0. The molecule has 0 radical (unpaired) electrons.